The monoisotopic (exact) mass is 444 g/mol. The van der Waals surface area contributed by atoms with Crippen molar-refractivity contribution in [2.45, 2.75) is 83.8 Å². The minimum atomic E-state index is -1.39. The summed E-state index contributed by atoms with van der Waals surface area (Å²) in [5.41, 5.74) is -1.43. The van der Waals surface area contributed by atoms with Crippen LogP contribution < -0.4 is 0 Å². The highest BCUT2D eigenvalue weighted by atomic mass is 16.6. The first-order chi connectivity index (χ1) is 15.1. The molecule has 3 fully saturated rings. The van der Waals surface area contributed by atoms with E-state index >= 15 is 0 Å². The number of hydrogen-bond donors (Lipinski definition) is 2. The van der Waals surface area contributed by atoms with Gasteiger partial charge in [0.25, 0.3) is 0 Å². The second-order valence-electron chi connectivity index (χ2n) is 10.7. The van der Waals surface area contributed by atoms with E-state index in [9.17, 15) is 24.6 Å². The second kappa shape index (κ2) is 8.21. The van der Waals surface area contributed by atoms with Crippen LogP contribution in [0.2, 0.25) is 0 Å². The lowest BCUT2D eigenvalue weighted by Crippen LogP contribution is -2.63. The molecule has 0 aromatic carbocycles. The molecule has 0 radical (unpaired) electrons. The van der Waals surface area contributed by atoms with E-state index in [1.807, 2.05) is 19.9 Å². The van der Waals surface area contributed by atoms with Crippen molar-refractivity contribution in [1.82, 2.24) is 0 Å². The molecular weight excluding hydrogens is 408 g/mol. The topological polar surface area (TPSA) is 101 Å². The lowest BCUT2D eigenvalue weighted by atomic mass is 9.46. The smallest absolute Gasteiger partial charge is 0.306 e. The molecule has 0 aromatic heterocycles. The lowest BCUT2D eigenvalue weighted by molar-refractivity contribution is -0.200. The lowest BCUT2D eigenvalue weighted by Gasteiger charge is -2.59. The van der Waals surface area contributed by atoms with Crippen molar-refractivity contribution in [1.29, 1.82) is 0 Å². The van der Waals surface area contributed by atoms with Crippen LogP contribution in [0.25, 0.3) is 0 Å². The van der Waals surface area contributed by atoms with Gasteiger partial charge >= 0.3 is 5.97 Å². The van der Waals surface area contributed by atoms with E-state index in [1.54, 1.807) is 12.2 Å². The Labute approximate surface area is 190 Å². The molecule has 1 unspecified atom stereocenters. The minimum absolute atomic E-state index is 0.00141. The minimum Gasteiger partial charge on any atom is -0.450 e. The SMILES string of the molecule is CCCCC(=O)O[C@]1(C(=O)CO)CC[C@H]2[C@@H]3CCC4=CC(=O)C=C[C@]4(C)C3[C@@H](O)C[C@@]21C. The maximum Gasteiger partial charge on any atom is 0.306 e. The predicted octanol–water partition coefficient (Wildman–Crippen LogP) is 3.30. The average Bonchev–Trinajstić information content (AvgIpc) is 3.04. The van der Waals surface area contributed by atoms with Crippen molar-refractivity contribution in [2.75, 3.05) is 6.61 Å². The number of Topliss-reactive ketones (excluding diaryl/α,β-unsaturated/α-hetero) is 1. The molecule has 4 aliphatic rings. The number of allylic oxidation sites excluding steroid dienone is 4. The van der Waals surface area contributed by atoms with Crippen LogP contribution >= 0.6 is 0 Å². The summed E-state index contributed by atoms with van der Waals surface area (Å²) >= 11 is 0. The first-order valence-electron chi connectivity index (χ1n) is 12.1. The van der Waals surface area contributed by atoms with Gasteiger partial charge in [-0.1, -0.05) is 38.8 Å². The molecule has 0 aromatic rings. The Morgan fingerprint density at radius 1 is 1.25 bits per heavy atom. The third kappa shape index (κ3) is 3.25. The number of unbranched alkanes of at least 4 members (excludes halogenated alkanes) is 1. The third-order valence-corrected chi connectivity index (χ3v) is 9.23. The largest absolute Gasteiger partial charge is 0.450 e. The summed E-state index contributed by atoms with van der Waals surface area (Å²) in [5, 5.41) is 21.3. The fourth-order valence-electron chi connectivity index (χ4n) is 7.69. The normalized spacial score (nSPS) is 42.5. The highest BCUT2D eigenvalue weighted by molar-refractivity contribution is 6.01. The van der Waals surface area contributed by atoms with Gasteiger partial charge in [-0.2, -0.15) is 0 Å². The first kappa shape index (κ1) is 23.4. The molecule has 0 amide bonds. The molecule has 0 aliphatic heterocycles. The van der Waals surface area contributed by atoms with Gasteiger partial charge in [-0.05, 0) is 62.5 Å². The zero-order valence-electron chi connectivity index (χ0n) is 19.4. The molecule has 4 aliphatic carbocycles. The van der Waals surface area contributed by atoms with Crippen LogP contribution in [0, 0.1) is 28.6 Å². The number of ether oxygens (including phenoxy) is 1. The number of aliphatic hydroxyl groups excluding tert-OH is 2. The molecule has 0 spiro atoms. The number of carbonyl (C=O) groups excluding carboxylic acids is 3. The number of esters is 1. The van der Waals surface area contributed by atoms with Gasteiger partial charge in [0.05, 0.1) is 6.10 Å². The van der Waals surface area contributed by atoms with E-state index in [1.165, 1.54) is 0 Å². The number of aliphatic hydroxyl groups is 2. The highest BCUT2D eigenvalue weighted by Crippen LogP contribution is 2.67. The molecule has 0 saturated heterocycles. The van der Waals surface area contributed by atoms with Gasteiger partial charge < -0.3 is 14.9 Å². The Morgan fingerprint density at radius 2 is 2.00 bits per heavy atom. The van der Waals surface area contributed by atoms with Crippen molar-refractivity contribution in [3.8, 4) is 0 Å². The molecule has 6 heteroatoms. The molecule has 0 bridgehead atoms. The summed E-state index contributed by atoms with van der Waals surface area (Å²) in [4.78, 5) is 37.8. The Hall–Kier alpha value is -1.79. The van der Waals surface area contributed by atoms with Crippen molar-refractivity contribution >= 4 is 17.5 Å². The average molecular weight is 445 g/mol. The number of hydrogen-bond acceptors (Lipinski definition) is 6. The summed E-state index contributed by atoms with van der Waals surface area (Å²) in [7, 11) is 0. The van der Waals surface area contributed by atoms with E-state index in [0.29, 0.717) is 19.3 Å². The quantitative estimate of drug-likeness (QED) is 0.610. The predicted molar refractivity (Wildman–Crippen MR) is 118 cm³/mol. The van der Waals surface area contributed by atoms with E-state index in [-0.39, 0.29) is 35.4 Å². The number of rotatable bonds is 6. The zero-order chi connectivity index (χ0) is 23.3. The molecular formula is C26H36O6. The summed E-state index contributed by atoms with van der Waals surface area (Å²) in [6.45, 7) is 5.39. The highest BCUT2D eigenvalue weighted by Gasteiger charge is 2.70. The molecule has 4 rings (SSSR count). The van der Waals surface area contributed by atoms with Crippen LogP contribution in [0.15, 0.2) is 23.8 Å². The van der Waals surface area contributed by atoms with Crippen molar-refractivity contribution in [2.24, 2.45) is 28.6 Å². The number of fused-ring (bicyclic) bond motifs is 5. The van der Waals surface area contributed by atoms with Gasteiger partial charge in [0.1, 0.15) is 6.61 Å². The standard InChI is InChI=1S/C26H36O6/c1-4-5-6-22(31)32-26(21(30)15-27)12-10-19-18-8-7-16-13-17(28)9-11-24(16,2)23(18)20(29)14-25(19,26)3/h9,11,13,18-20,23,27,29H,4-8,10,12,14-15H2,1-3H3/t18-,19-,20-,23?,24-,25-,26-/m0/s1. The maximum atomic E-state index is 13.1. The van der Waals surface area contributed by atoms with Gasteiger partial charge in [0.15, 0.2) is 11.4 Å². The number of carbonyl (C=O) groups is 3. The van der Waals surface area contributed by atoms with Crippen LogP contribution in [-0.2, 0) is 19.1 Å². The van der Waals surface area contributed by atoms with E-state index < -0.39 is 35.5 Å². The Kier molecular flexibility index (Phi) is 6.00. The Bertz CT molecular complexity index is 874. The van der Waals surface area contributed by atoms with Gasteiger partial charge in [-0.3, -0.25) is 14.4 Å². The molecule has 0 heterocycles. The molecule has 2 N–H and O–H groups in total. The van der Waals surface area contributed by atoms with Crippen LogP contribution in [0.5, 0.6) is 0 Å². The first-order valence-corrected chi connectivity index (χ1v) is 12.1. The van der Waals surface area contributed by atoms with Gasteiger partial charge in [0, 0.05) is 23.2 Å². The van der Waals surface area contributed by atoms with Gasteiger partial charge in [0.2, 0.25) is 5.78 Å². The van der Waals surface area contributed by atoms with Gasteiger partial charge in [-0.25, -0.2) is 0 Å². The van der Waals surface area contributed by atoms with E-state index in [4.69, 9.17) is 4.74 Å². The van der Waals surface area contributed by atoms with Crippen molar-refractivity contribution in [3.05, 3.63) is 23.8 Å². The van der Waals surface area contributed by atoms with Crippen LogP contribution in [0.4, 0.5) is 0 Å². The fraction of sp³-hybridized carbons (Fsp3) is 0.731. The molecule has 32 heavy (non-hydrogen) atoms. The Balaban J connectivity index is 1.70. The molecule has 176 valence electrons. The second-order valence-corrected chi connectivity index (χ2v) is 10.7. The van der Waals surface area contributed by atoms with Gasteiger partial charge in [-0.15, -0.1) is 0 Å². The van der Waals surface area contributed by atoms with Crippen LogP contribution in [0.3, 0.4) is 0 Å². The van der Waals surface area contributed by atoms with Crippen LogP contribution in [0.1, 0.15) is 72.1 Å². The molecule has 3 saturated carbocycles. The van der Waals surface area contributed by atoms with Crippen molar-refractivity contribution < 1.29 is 29.3 Å². The Morgan fingerprint density at radius 3 is 2.69 bits per heavy atom. The third-order valence-electron chi connectivity index (χ3n) is 9.23. The summed E-state index contributed by atoms with van der Waals surface area (Å²) in [6, 6.07) is 0. The number of ketones is 2. The summed E-state index contributed by atoms with van der Waals surface area (Å²) in [5.74, 6) is -0.675. The summed E-state index contributed by atoms with van der Waals surface area (Å²) < 4.78 is 5.97. The fourth-order valence-corrected chi connectivity index (χ4v) is 7.69. The van der Waals surface area contributed by atoms with E-state index in [2.05, 4.69) is 6.92 Å². The molecule has 7 atom stereocenters. The summed E-state index contributed by atoms with van der Waals surface area (Å²) in [6.07, 6.45) is 9.42. The van der Waals surface area contributed by atoms with Crippen molar-refractivity contribution in [3.63, 3.8) is 0 Å². The van der Waals surface area contributed by atoms with E-state index in [0.717, 1.165) is 31.3 Å². The van der Waals surface area contributed by atoms with Crippen LogP contribution in [-0.4, -0.2) is 46.1 Å². The zero-order valence-corrected chi connectivity index (χ0v) is 19.4. The molecule has 6 nitrogen and oxygen atoms in total. The maximum absolute atomic E-state index is 13.1.